The number of carboxylic acids is 1. The molecule has 0 aliphatic heterocycles. The van der Waals surface area contributed by atoms with Crippen molar-refractivity contribution < 1.29 is 14.6 Å². The van der Waals surface area contributed by atoms with Gasteiger partial charge in [-0.25, -0.2) is 14.8 Å². The van der Waals surface area contributed by atoms with Gasteiger partial charge in [-0.15, -0.1) is 0 Å². The van der Waals surface area contributed by atoms with E-state index in [1.807, 2.05) is 0 Å². The van der Waals surface area contributed by atoms with Gasteiger partial charge < -0.3 is 9.84 Å². The Bertz CT molecular complexity index is 482. The van der Waals surface area contributed by atoms with Crippen molar-refractivity contribution >= 4 is 5.97 Å². The number of benzene rings is 1. The average molecular weight is 216 g/mol. The first-order chi connectivity index (χ1) is 7.75. The molecule has 1 heterocycles. The van der Waals surface area contributed by atoms with Crippen molar-refractivity contribution in [1.29, 1.82) is 0 Å². The number of rotatable bonds is 3. The van der Waals surface area contributed by atoms with E-state index in [-0.39, 0.29) is 5.56 Å². The van der Waals surface area contributed by atoms with Crippen LogP contribution in [0.1, 0.15) is 10.4 Å². The van der Waals surface area contributed by atoms with Crippen LogP contribution in [-0.4, -0.2) is 21.0 Å². The number of aromatic carboxylic acids is 1. The third-order valence-electron chi connectivity index (χ3n) is 1.88. The summed E-state index contributed by atoms with van der Waals surface area (Å²) in [7, 11) is 0. The monoisotopic (exact) mass is 216 g/mol. The predicted molar refractivity (Wildman–Crippen MR) is 55.5 cm³/mol. The summed E-state index contributed by atoms with van der Waals surface area (Å²) in [5.74, 6) is -0.0182. The maximum atomic E-state index is 10.6. The summed E-state index contributed by atoms with van der Waals surface area (Å²) >= 11 is 0. The molecule has 80 valence electrons. The topological polar surface area (TPSA) is 72.3 Å². The summed E-state index contributed by atoms with van der Waals surface area (Å²) in [6, 6.07) is 7.71. The van der Waals surface area contributed by atoms with E-state index in [2.05, 4.69) is 9.97 Å². The van der Waals surface area contributed by atoms with Gasteiger partial charge in [0.1, 0.15) is 12.1 Å². The Morgan fingerprint density at radius 3 is 2.50 bits per heavy atom. The lowest BCUT2D eigenvalue weighted by Gasteiger charge is -2.03. The Hall–Kier alpha value is -2.43. The molecule has 5 nitrogen and oxygen atoms in total. The number of ether oxygens (including phenoxy) is 1. The standard InChI is InChI=1S/C11H8N2O3/c14-11(15)8-1-3-9(4-2-8)16-10-5-6-12-7-13-10/h1-7H,(H,14,15). The van der Waals surface area contributed by atoms with Crippen molar-refractivity contribution in [3.05, 3.63) is 48.4 Å². The Morgan fingerprint density at radius 2 is 1.94 bits per heavy atom. The summed E-state index contributed by atoms with van der Waals surface area (Å²) in [5, 5.41) is 8.70. The predicted octanol–water partition coefficient (Wildman–Crippen LogP) is 1.97. The molecule has 0 spiro atoms. The average Bonchev–Trinajstić information content (AvgIpc) is 2.31. The van der Waals surface area contributed by atoms with Crippen molar-refractivity contribution in [2.45, 2.75) is 0 Å². The summed E-state index contributed by atoms with van der Waals surface area (Å²) in [6.45, 7) is 0. The highest BCUT2D eigenvalue weighted by Crippen LogP contribution is 2.18. The highest BCUT2D eigenvalue weighted by atomic mass is 16.5. The van der Waals surface area contributed by atoms with Crippen molar-refractivity contribution in [3.8, 4) is 11.6 Å². The smallest absolute Gasteiger partial charge is 0.335 e. The molecule has 0 aliphatic rings. The molecule has 2 rings (SSSR count). The molecular weight excluding hydrogens is 208 g/mol. The zero-order chi connectivity index (χ0) is 11.4. The minimum Gasteiger partial charge on any atom is -0.478 e. The number of aromatic nitrogens is 2. The van der Waals surface area contributed by atoms with Crippen molar-refractivity contribution in [2.24, 2.45) is 0 Å². The first kappa shape index (κ1) is 10.1. The van der Waals surface area contributed by atoms with E-state index in [1.54, 1.807) is 24.4 Å². The molecule has 1 N–H and O–H groups in total. The van der Waals surface area contributed by atoms with Gasteiger partial charge in [0.2, 0.25) is 5.88 Å². The van der Waals surface area contributed by atoms with Gasteiger partial charge in [0.25, 0.3) is 0 Å². The van der Waals surface area contributed by atoms with E-state index >= 15 is 0 Å². The highest BCUT2D eigenvalue weighted by Gasteiger charge is 2.02. The van der Waals surface area contributed by atoms with Gasteiger partial charge in [0.15, 0.2) is 0 Å². The Labute approximate surface area is 91.4 Å². The third kappa shape index (κ3) is 2.33. The van der Waals surface area contributed by atoms with E-state index < -0.39 is 5.97 Å². The second-order valence-electron chi connectivity index (χ2n) is 2.98. The fraction of sp³-hybridized carbons (Fsp3) is 0. The van der Waals surface area contributed by atoms with E-state index in [9.17, 15) is 4.79 Å². The van der Waals surface area contributed by atoms with E-state index in [4.69, 9.17) is 9.84 Å². The van der Waals surface area contributed by atoms with Crippen LogP contribution in [0.25, 0.3) is 0 Å². The highest BCUT2D eigenvalue weighted by molar-refractivity contribution is 5.87. The van der Waals surface area contributed by atoms with Gasteiger partial charge in [-0.2, -0.15) is 0 Å². The maximum Gasteiger partial charge on any atom is 0.335 e. The van der Waals surface area contributed by atoms with Crippen molar-refractivity contribution in [3.63, 3.8) is 0 Å². The van der Waals surface area contributed by atoms with Crippen molar-refractivity contribution in [1.82, 2.24) is 9.97 Å². The zero-order valence-electron chi connectivity index (χ0n) is 8.20. The zero-order valence-corrected chi connectivity index (χ0v) is 8.20. The Balaban J connectivity index is 2.14. The Kier molecular flexibility index (Phi) is 2.77. The van der Waals surface area contributed by atoms with Gasteiger partial charge in [-0.3, -0.25) is 0 Å². The van der Waals surface area contributed by atoms with Crippen LogP contribution in [0, 0.1) is 0 Å². The van der Waals surface area contributed by atoms with E-state index in [1.165, 1.54) is 18.5 Å². The fourth-order valence-corrected chi connectivity index (χ4v) is 1.13. The summed E-state index contributed by atoms with van der Waals surface area (Å²) < 4.78 is 5.37. The summed E-state index contributed by atoms with van der Waals surface area (Å²) in [6.07, 6.45) is 2.94. The van der Waals surface area contributed by atoms with Crippen LogP contribution in [0.5, 0.6) is 11.6 Å². The van der Waals surface area contributed by atoms with Gasteiger partial charge in [-0.05, 0) is 24.3 Å². The molecule has 16 heavy (non-hydrogen) atoms. The van der Waals surface area contributed by atoms with Crippen LogP contribution in [0.3, 0.4) is 0 Å². The van der Waals surface area contributed by atoms with E-state index in [0.717, 1.165) is 0 Å². The maximum absolute atomic E-state index is 10.6. The minimum absolute atomic E-state index is 0.218. The van der Waals surface area contributed by atoms with Crippen LogP contribution >= 0.6 is 0 Å². The molecular formula is C11H8N2O3. The molecule has 1 aromatic carbocycles. The molecule has 0 unspecified atom stereocenters. The molecule has 1 aromatic heterocycles. The lowest BCUT2D eigenvalue weighted by molar-refractivity contribution is 0.0697. The third-order valence-corrected chi connectivity index (χ3v) is 1.88. The minimum atomic E-state index is -0.964. The van der Waals surface area contributed by atoms with Gasteiger partial charge >= 0.3 is 5.97 Å². The second-order valence-corrected chi connectivity index (χ2v) is 2.98. The summed E-state index contributed by atoms with van der Waals surface area (Å²) in [5.41, 5.74) is 0.218. The number of hydrogen-bond donors (Lipinski definition) is 1. The normalized spacial score (nSPS) is 9.75. The fourth-order valence-electron chi connectivity index (χ4n) is 1.13. The Morgan fingerprint density at radius 1 is 1.19 bits per heavy atom. The SMILES string of the molecule is O=C(O)c1ccc(Oc2ccncn2)cc1. The number of carbonyl (C=O) groups is 1. The molecule has 0 aliphatic carbocycles. The largest absolute Gasteiger partial charge is 0.478 e. The van der Waals surface area contributed by atoms with Crippen molar-refractivity contribution in [2.75, 3.05) is 0 Å². The molecule has 0 radical (unpaired) electrons. The van der Waals surface area contributed by atoms with Crippen LogP contribution in [0.4, 0.5) is 0 Å². The van der Waals surface area contributed by atoms with Gasteiger partial charge in [0.05, 0.1) is 5.56 Å². The quantitative estimate of drug-likeness (QED) is 0.849. The number of carboxylic acid groups (broad SMARTS) is 1. The number of hydrogen-bond acceptors (Lipinski definition) is 4. The second kappa shape index (κ2) is 4.39. The first-order valence-corrected chi connectivity index (χ1v) is 4.53. The molecule has 0 saturated carbocycles. The molecule has 5 heteroatoms. The lowest BCUT2D eigenvalue weighted by atomic mass is 10.2. The summed E-state index contributed by atoms with van der Waals surface area (Å²) in [4.78, 5) is 18.2. The molecule has 0 fully saturated rings. The van der Waals surface area contributed by atoms with Crippen LogP contribution in [0.15, 0.2) is 42.9 Å². The molecule has 2 aromatic rings. The van der Waals surface area contributed by atoms with Gasteiger partial charge in [0, 0.05) is 12.3 Å². The van der Waals surface area contributed by atoms with Crippen LogP contribution in [-0.2, 0) is 0 Å². The number of nitrogens with zero attached hydrogens (tertiary/aromatic N) is 2. The van der Waals surface area contributed by atoms with E-state index in [0.29, 0.717) is 11.6 Å². The molecule has 0 bridgehead atoms. The molecule has 0 atom stereocenters. The van der Waals surface area contributed by atoms with Crippen LogP contribution in [0.2, 0.25) is 0 Å². The van der Waals surface area contributed by atoms with Crippen LogP contribution < -0.4 is 4.74 Å². The molecule has 0 saturated heterocycles. The molecule has 0 amide bonds. The first-order valence-electron chi connectivity index (χ1n) is 4.53. The lowest BCUT2D eigenvalue weighted by Crippen LogP contribution is -1.95. The van der Waals surface area contributed by atoms with Gasteiger partial charge in [-0.1, -0.05) is 0 Å².